The third-order valence-electron chi connectivity index (χ3n) is 9.05. The number of carbonyl (C=O) groups is 2. The third kappa shape index (κ3) is 3.91. The van der Waals surface area contributed by atoms with Gasteiger partial charge in [0.05, 0.1) is 6.54 Å². The molecule has 6 rings (SSSR count). The molecule has 6 fully saturated rings. The summed E-state index contributed by atoms with van der Waals surface area (Å²) in [6, 6.07) is 1.02. The van der Waals surface area contributed by atoms with Crippen molar-refractivity contribution >= 4 is 11.7 Å². The summed E-state index contributed by atoms with van der Waals surface area (Å²) in [5.41, 5.74) is 0.245. The zero-order chi connectivity index (χ0) is 20.4. The maximum Gasteiger partial charge on any atom is 0.234 e. The van der Waals surface area contributed by atoms with Crippen molar-refractivity contribution < 1.29 is 9.59 Å². The van der Waals surface area contributed by atoms with E-state index in [1.54, 1.807) is 0 Å². The van der Waals surface area contributed by atoms with E-state index < -0.39 is 0 Å². The largest absolute Gasteiger partial charge is 0.350 e. The van der Waals surface area contributed by atoms with Crippen LogP contribution < -0.4 is 5.32 Å². The lowest BCUT2D eigenvalue weighted by Crippen LogP contribution is -2.51. The van der Waals surface area contributed by atoms with Crippen molar-refractivity contribution in [1.82, 2.24) is 10.2 Å². The van der Waals surface area contributed by atoms with Crippen molar-refractivity contribution in [3.8, 4) is 0 Å². The van der Waals surface area contributed by atoms with E-state index in [2.05, 4.69) is 10.2 Å². The van der Waals surface area contributed by atoms with E-state index in [1.165, 1.54) is 44.9 Å². The first-order valence-corrected chi connectivity index (χ1v) is 12.3. The number of nitrogens with one attached hydrogen (secondary N) is 1. The summed E-state index contributed by atoms with van der Waals surface area (Å²) < 4.78 is 0. The first kappa shape index (κ1) is 20.0. The lowest BCUT2D eigenvalue weighted by molar-refractivity contribution is -0.126. The topological polar surface area (TPSA) is 49.4 Å². The number of amides is 1. The van der Waals surface area contributed by atoms with Crippen molar-refractivity contribution in [2.75, 3.05) is 6.54 Å². The number of fused-ring (bicyclic) bond motifs is 2. The molecule has 3 unspecified atom stereocenters. The first-order valence-electron chi connectivity index (χ1n) is 12.3. The lowest BCUT2D eigenvalue weighted by atomic mass is 9.71. The predicted octanol–water partition coefficient (Wildman–Crippen LogP) is 4.32. The number of piperidine rings is 1. The quantitative estimate of drug-likeness (QED) is 0.722. The van der Waals surface area contributed by atoms with Gasteiger partial charge in [-0.25, -0.2) is 0 Å². The van der Waals surface area contributed by atoms with Crippen molar-refractivity contribution in [3.05, 3.63) is 0 Å². The van der Waals surface area contributed by atoms with Crippen molar-refractivity contribution in [3.63, 3.8) is 0 Å². The van der Waals surface area contributed by atoms with Crippen LogP contribution in [0, 0.1) is 29.1 Å². The Morgan fingerprint density at radius 2 is 1.59 bits per heavy atom. The molecule has 0 spiro atoms. The van der Waals surface area contributed by atoms with Crippen LogP contribution in [0.15, 0.2) is 0 Å². The Kier molecular flexibility index (Phi) is 4.88. The summed E-state index contributed by atoms with van der Waals surface area (Å²) in [6.07, 6.45) is 13.3. The number of nitrogens with zero attached hydrogens (tertiary/aromatic N) is 1. The highest BCUT2D eigenvalue weighted by molar-refractivity contribution is 5.80. The van der Waals surface area contributed by atoms with Gasteiger partial charge < -0.3 is 5.32 Å². The van der Waals surface area contributed by atoms with Crippen LogP contribution in [-0.2, 0) is 9.59 Å². The SMILES string of the molecule is CC(C)(C)NC(=O)CN1[C@@H]2CC[C@H]1CC(CC(=O)CC13CC4CC(CC1C4)C3)C2. The minimum atomic E-state index is -0.167. The fraction of sp³-hybridized carbons (Fsp3) is 0.920. The normalized spacial score (nSPS) is 43.1. The third-order valence-corrected chi connectivity index (χ3v) is 9.05. The van der Waals surface area contributed by atoms with Gasteiger partial charge >= 0.3 is 0 Å². The Morgan fingerprint density at radius 1 is 0.966 bits per heavy atom. The van der Waals surface area contributed by atoms with Gasteiger partial charge in [0.1, 0.15) is 5.78 Å². The average molecular weight is 401 g/mol. The Labute approximate surface area is 176 Å². The maximum absolute atomic E-state index is 13.1. The van der Waals surface area contributed by atoms with Crippen LogP contribution in [-0.4, -0.2) is 40.8 Å². The highest BCUT2D eigenvalue weighted by atomic mass is 16.2. The highest BCUT2D eigenvalue weighted by Crippen LogP contribution is 2.66. The van der Waals surface area contributed by atoms with Crippen molar-refractivity contribution in [2.24, 2.45) is 29.1 Å². The van der Waals surface area contributed by atoms with Crippen LogP contribution in [0.5, 0.6) is 0 Å². The fourth-order valence-electron chi connectivity index (χ4n) is 8.48. The van der Waals surface area contributed by atoms with Gasteiger partial charge in [-0.1, -0.05) is 0 Å². The van der Waals surface area contributed by atoms with E-state index in [1.807, 2.05) is 20.8 Å². The van der Waals surface area contributed by atoms with Gasteiger partial charge in [-0.15, -0.1) is 0 Å². The van der Waals surface area contributed by atoms with Crippen LogP contribution in [0.4, 0.5) is 0 Å². The number of Topliss-reactive ketones (excluding diaryl/α,β-unsaturated/α-hetero) is 1. The van der Waals surface area contributed by atoms with Crippen molar-refractivity contribution in [1.29, 1.82) is 0 Å². The molecule has 4 heteroatoms. The number of rotatable bonds is 6. The molecule has 1 amide bonds. The molecule has 0 aromatic rings. The van der Waals surface area contributed by atoms with E-state index >= 15 is 0 Å². The summed E-state index contributed by atoms with van der Waals surface area (Å²) in [5, 5.41) is 3.11. The molecule has 4 nitrogen and oxygen atoms in total. The minimum Gasteiger partial charge on any atom is -0.350 e. The lowest BCUT2D eigenvalue weighted by Gasteiger charge is -2.39. The molecule has 4 aliphatic carbocycles. The van der Waals surface area contributed by atoms with Gasteiger partial charge in [0.2, 0.25) is 5.91 Å². The molecule has 29 heavy (non-hydrogen) atoms. The summed E-state index contributed by atoms with van der Waals surface area (Å²) in [6.45, 7) is 6.65. The summed E-state index contributed by atoms with van der Waals surface area (Å²) in [7, 11) is 0. The van der Waals surface area contributed by atoms with Gasteiger partial charge in [0, 0.05) is 30.5 Å². The predicted molar refractivity (Wildman–Crippen MR) is 114 cm³/mol. The smallest absolute Gasteiger partial charge is 0.234 e. The molecule has 2 saturated heterocycles. The first-order chi connectivity index (χ1) is 13.7. The molecule has 1 N–H and O–H groups in total. The number of hydrogen-bond donors (Lipinski definition) is 1. The summed E-state index contributed by atoms with van der Waals surface area (Å²) in [4.78, 5) is 28.0. The minimum absolute atomic E-state index is 0.148. The number of ketones is 1. The fourth-order valence-corrected chi connectivity index (χ4v) is 8.48. The van der Waals surface area contributed by atoms with Crippen LogP contribution >= 0.6 is 0 Å². The average Bonchev–Trinajstić information content (AvgIpc) is 3.05. The standard InChI is InChI=1S/C25H40N2O2/c1-24(2,3)26-23(29)15-27-20-4-5-21(27)10-16(9-20)11-22(28)14-25-12-17-6-18(13-25)8-19(25)7-17/h16-21H,4-15H2,1-3H3,(H,26,29)/t16?,17?,18?,19?,20-,21+,25?. The molecule has 0 aromatic carbocycles. The molecule has 6 aliphatic rings. The van der Waals surface area contributed by atoms with Crippen LogP contribution in [0.1, 0.15) is 91.4 Å². The summed E-state index contributed by atoms with van der Waals surface area (Å²) >= 11 is 0. The molecular formula is C25H40N2O2. The van der Waals surface area contributed by atoms with Crippen LogP contribution in [0.25, 0.3) is 0 Å². The van der Waals surface area contributed by atoms with E-state index in [9.17, 15) is 9.59 Å². The maximum atomic E-state index is 13.1. The zero-order valence-electron chi connectivity index (χ0n) is 18.7. The Bertz CT molecular complexity index is 653. The van der Waals surface area contributed by atoms with Gasteiger partial charge in [-0.2, -0.15) is 0 Å². The molecular weight excluding hydrogens is 360 g/mol. The second-order valence-electron chi connectivity index (χ2n) is 12.5. The van der Waals surface area contributed by atoms with Crippen LogP contribution in [0.3, 0.4) is 0 Å². The highest BCUT2D eigenvalue weighted by Gasteiger charge is 2.58. The zero-order valence-corrected chi connectivity index (χ0v) is 18.7. The van der Waals surface area contributed by atoms with Gasteiger partial charge in [0.15, 0.2) is 0 Å². The monoisotopic (exact) mass is 400 g/mol. The number of hydrogen-bond acceptors (Lipinski definition) is 3. The molecule has 6 bridgehead atoms. The molecule has 0 radical (unpaired) electrons. The van der Waals surface area contributed by atoms with E-state index in [0.29, 0.717) is 35.7 Å². The molecule has 4 saturated carbocycles. The molecule has 162 valence electrons. The van der Waals surface area contributed by atoms with E-state index in [-0.39, 0.29) is 11.4 Å². The van der Waals surface area contributed by atoms with Gasteiger partial charge in [0.25, 0.3) is 0 Å². The molecule has 2 heterocycles. The Hall–Kier alpha value is -0.900. The van der Waals surface area contributed by atoms with E-state index in [0.717, 1.165) is 43.4 Å². The second kappa shape index (κ2) is 7.07. The molecule has 0 aromatic heterocycles. The Morgan fingerprint density at radius 3 is 2.17 bits per heavy atom. The van der Waals surface area contributed by atoms with Gasteiger partial charge in [-0.05, 0) is 108 Å². The summed E-state index contributed by atoms with van der Waals surface area (Å²) in [5.74, 6) is 4.01. The van der Waals surface area contributed by atoms with E-state index in [4.69, 9.17) is 0 Å². The Balaban J connectivity index is 1.14. The molecule has 5 atom stereocenters. The number of carbonyl (C=O) groups excluding carboxylic acids is 2. The second-order valence-corrected chi connectivity index (χ2v) is 12.5. The molecule has 2 aliphatic heterocycles. The van der Waals surface area contributed by atoms with Gasteiger partial charge in [-0.3, -0.25) is 14.5 Å². The van der Waals surface area contributed by atoms with Crippen LogP contribution in [0.2, 0.25) is 0 Å². The van der Waals surface area contributed by atoms with Crippen molar-refractivity contribution in [2.45, 2.75) is 109 Å².